The van der Waals surface area contributed by atoms with Crippen LogP contribution in [-0.2, 0) is 20.0 Å². The van der Waals surface area contributed by atoms with Crippen LogP contribution in [0.4, 0.5) is 5.69 Å². The number of aryl methyl sites for hydroxylation is 1. The summed E-state index contributed by atoms with van der Waals surface area (Å²) in [6.45, 7) is 2.89. The Morgan fingerprint density at radius 3 is 3.23 bits per heavy atom. The van der Waals surface area contributed by atoms with Crippen molar-refractivity contribution in [2.45, 2.75) is 26.3 Å². The van der Waals surface area contributed by atoms with Crippen molar-refractivity contribution in [2.75, 3.05) is 5.32 Å². The molecule has 0 atom stereocenters. The van der Waals surface area contributed by atoms with Gasteiger partial charge in [-0.1, -0.05) is 13.3 Å². The van der Waals surface area contributed by atoms with Gasteiger partial charge >= 0.3 is 0 Å². The molecule has 1 aromatic heterocycles. The largest absolute Gasteiger partial charge is 0.344 e. The summed E-state index contributed by atoms with van der Waals surface area (Å²) < 4.78 is 1.95. The zero-order chi connectivity index (χ0) is 9.26. The van der Waals surface area contributed by atoms with E-state index >= 15 is 0 Å². The van der Waals surface area contributed by atoms with E-state index in [2.05, 4.69) is 22.3 Å². The van der Waals surface area contributed by atoms with Crippen molar-refractivity contribution < 1.29 is 0 Å². The Bertz CT molecular complexity index is 338. The number of hydrogen-bond donors (Lipinski definition) is 1. The highest BCUT2D eigenvalue weighted by Crippen LogP contribution is 2.23. The quantitative estimate of drug-likeness (QED) is 0.742. The van der Waals surface area contributed by atoms with E-state index in [1.807, 2.05) is 11.7 Å². The van der Waals surface area contributed by atoms with Gasteiger partial charge < -0.3 is 5.32 Å². The predicted molar refractivity (Wildman–Crippen MR) is 53.0 cm³/mol. The van der Waals surface area contributed by atoms with E-state index < -0.39 is 0 Å². The summed E-state index contributed by atoms with van der Waals surface area (Å²) in [5.74, 6) is 0. The molecule has 0 fully saturated rings. The first-order valence-corrected chi connectivity index (χ1v) is 4.62. The van der Waals surface area contributed by atoms with Gasteiger partial charge in [0.15, 0.2) is 0 Å². The van der Waals surface area contributed by atoms with Gasteiger partial charge in [-0.3, -0.25) is 9.67 Å². The molecular formula is C9H14N4. The summed E-state index contributed by atoms with van der Waals surface area (Å²) in [4.78, 5) is 4.12. The highest BCUT2D eigenvalue weighted by Gasteiger charge is 2.15. The van der Waals surface area contributed by atoms with Gasteiger partial charge in [0.05, 0.1) is 24.3 Å². The Balaban J connectivity index is 2.39. The Hall–Kier alpha value is -1.32. The molecule has 0 aliphatic carbocycles. The van der Waals surface area contributed by atoms with Crippen LogP contribution in [0.15, 0.2) is 4.99 Å². The molecule has 70 valence electrons. The summed E-state index contributed by atoms with van der Waals surface area (Å²) in [6.07, 6.45) is 3.97. The first kappa shape index (κ1) is 8.29. The molecule has 4 heteroatoms. The van der Waals surface area contributed by atoms with Crippen molar-refractivity contribution in [1.82, 2.24) is 9.78 Å². The number of rotatable bonds is 2. The molecule has 13 heavy (non-hydrogen) atoms. The number of fused-ring (bicyclic) bond motifs is 1. The summed E-state index contributed by atoms with van der Waals surface area (Å²) in [5.41, 5.74) is 3.51. The molecule has 0 saturated carbocycles. The highest BCUT2D eigenvalue weighted by molar-refractivity contribution is 5.80. The zero-order valence-electron chi connectivity index (χ0n) is 8.04. The third-order valence-electron chi connectivity index (χ3n) is 2.27. The molecule has 0 spiro atoms. The third-order valence-corrected chi connectivity index (χ3v) is 2.27. The van der Waals surface area contributed by atoms with Crippen LogP contribution in [0.25, 0.3) is 0 Å². The fourth-order valence-electron chi connectivity index (χ4n) is 1.66. The lowest BCUT2D eigenvalue weighted by molar-refractivity contribution is 0.687. The van der Waals surface area contributed by atoms with Crippen molar-refractivity contribution in [3.8, 4) is 0 Å². The van der Waals surface area contributed by atoms with Gasteiger partial charge in [0.25, 0.3) is 0 Å². The van der Waals surface area contributed by atoms with Gasteiger partial charge in [0.2, 0.25) is 0 Å². The van der Waals surface area contributed by atoms with Gasteiger partial charge in [-0.15, -0.1) is 0 Å². The van der Waals surface area contributed by atoms with Crippen LogP contribution in [0, 0.1) is 0 Å². The van der Waals surface area contributed by atoms with Crippen molar-refractivity contribution in [1.29, 1.82) is 0 Å². The Kier molecular flexibility index (Phi) is 2.04. The molecule has 1 N–H and O–H groups in total. The number of nitrogens with zero attached hydrogens (tertiary/aromatic N) is 3. The van der Waals surface area contributed by atoms with Gasteiger partial charge in [-0.05, 0) is 6.42 Å². The maximum absolute atomic E-state index is 4.41. The maximum Gasteiger partial charge on any atom is 0.108 e. The summed E-state index contributed by atoms with van der Waals surface area (Å²) in [5, 5.41) is 7.57. The average molecular weight is 178 g/mol. The van der Waals surface area contributed by atoms with Crippen LogP contribution < -0.4 is 5.32 Å². The Morgan fingerprint density at radius 1 is 1.62 bits per heavy atom. The standard InChI is InChI=1S/C9H14N4/c1-3-4-8-9-7(12-13(8)2)5-10-6-11-9/h6H,3-5H2,1-2H3,(H,10,11). The van der Waals surface area contributed by atoms with E-state index in [0.717, 1.165) is 18.5 Å². The van der Waals surface area contributed by atoms with E-state index in [9.17, 15) is 0 Å². The van der Waals surface area contributed by atoms with Gasteiger partial charge in [-0.25, -0.2) is 0 Å². The number of hydrogen-bond acceptors (Lipinski definition) is 3. The molecule has 4 nitrogen and oxygen atoms in total. The van der Waals surface area contributed by atoms with Crippen LogP contribution >= 0.6 is 0 Å². The second-order valence-electron chi connectivity index (χ2n) is 3.26. The van der Waals surface area contributed by atoms with Crippen LogP contribution in [0.3, 0.4) is 0 Å². The van der Waals surface area contributed by atoms with E-state index in [1.165, 1.54) is 11.4 Å². The molecule has 2 rings (SSSR count). The molecule has 0 bridgehead atoms. The normalized spacial score (nSPS) is 14.0. The molecular weight excluding hydrogens is 164 g/mol. The second-order valence-corrected chi connectivity index (χ2v) is 3.26. The number of aromatic nitrogens is 2. The number of aliphatic imine (C=N–C) groups is 1. The fourth-order valence-corrected chi connectivity index (χ4v) is 1.66. The minimum atomic E-state index is 0.708. The van der Waals surface area contributed by atoms with Crippen molar-refractivity contribution in [3.05, 3.63) is 11.4 Å². The van der Waals surface area contributed by atoms with E-state index in [0.29, 0.717) is 6.54 Å². The van der Waals surface area contributed by atoms with E-state index in [-0.39, 0.29) is 0 Å². The predicted octanol–water partition coefficient (Wildman–Crippen LogP) is 1.33. The molecule has 0 radical (unpaired) electrons. The van der Waals surface area contributed by atoms with Gasteiger partial charge in [-0.2, -0.15) is 5.10 Å². The van der Waals surface area contributed by atoms with Crippen molar-refractivity contribution >= 4 is 12.0 Å². The molecule has 0 saturated heterocycles. The Morgan fingerprint density at radius 2 is 2.46 bits per heavy atom. The minimum Gasteiger partial charge on any atom is -0.344 e. The first-order valence-electron chi connectivity index (χ1n) is 4.62. The van der Waals surface area contributed by atoms with Crippen molar-refractivity contribution in [3.63, 3.8) is 0 Å². The third kappa shape index (κ3) is 1.32. The smallest absolute Gasteiger partial charge is 0.108 e. The molecule has 1 aliphatic rings. The monoisotopic (exact) mass is 178 g/mol. The first-order chi connectivity index (χ1) is 6.33. The maximum atomic E-state index is 4.41. The second kappa shape index (κ2) is 3.20. The Labute approximate surface area is 77.7 Å². The minimum absolute atomic E-state index is 0.708. The lowest BCUT2D eigenvalue weighted by Crippen LogP contribution is -2.05. The zero-order valence-corrected chi connectivity index (χ0v) is 8.04. The molecule has 0 amide bonds. The number of anilines is 1. The van der Waals surface area contributed by atoms with Gasteiger partial charge in [0, 0.05) is 7.05 Å². The summed E-state index contributed by atoms with van der Waals surface area (Å²) >= 11 is 0. The van der Waals surface area contributed by atoms with Crippen molar-refractivity contribution in [2.24, 2.45) is 12.0 Å². The summed E-state index contributed by atoms with van der Waals surface area (Å²) in [7, 11) is 1.99. The van der Waals surface area contributed by atoms with Gasteiger partial charge in [0.1, 0.15) is 5.69 Å². The topological polar surface area (TPSA) is 42.2 Å². The molecule has 2 heterocycles. The SMILES string of the molecule is CCCc1c2c(nn1C)CN=CN2. The molecule has 0 unspecified atom stereocenters. The molecule has 1 aliphatic heterocycles. The average Bonchev–Trinajstić information content (AvgIpc) is 2.44. The molecule has 1 aromatic rings. The highest BCUT2D eigenvalue weighted by atomic mass is 15.3. The van der Waals surface area contributed by atoms with E-state index in [1.54, 1.807) is 6.34 Å². The van der Waals surface area contributed by atoms with E-state index in [4.69, 9.17) is 0 Å². The van der Waals surface area contributed by atoms with Crippen LogP contribution in [0.5, 0.6) is 0 Å². The fraction of sp³-hybridized carbons (Fsp3) is 0.556. The lowest BCUT2D eigenvalue weighted by atomic mass is 10.2. The van der Waals surface area contributed by atoms with Crippen LogP contribution in [0.2, 0.25) is 0 Å². The number of nitrogens with one attached hydrogen (secondary N) is 1. The summed E-state index contributed by atoms with van der Waals surface area (Å²) in [6, 6.07) is 0. The lowest BCUT2D eigenvalue weighted by Gasteiger charge is -2.07. The van der Waals surface area contributed by atoms with Crippen LogP contribution in [-0.4, -0.2) is 16.1 Å². The van der Waals surface area contributed by atoms with Crippen LogP contribution in [0.1, 0.15) is 24.7 Å². The molecule has 0 aromatic carbocycles.